The highest BCUT2D eigenvalue weighted by molar-refractivity contribution is 5.69. The maximum absolute atomic E-state index is 10.6. The topological polar surface area (TPSA) is 83.0 Å². The number of H-pyrrole nitrogens is 1. The molecule has 1 rings (SSSR count). The predicted molar refractivity (Wildman–Crippen MR) is 36.2 cm³/mol. The first-order chi connectivity index (χ1) is 5.18. The number of aliphatic carboxylic acids is 1. The van der Waals surface area contributed by atoms with E-state index >= 15 is 0 Å². The lowest BCUT2D eigenvalue weighted by Gasteiger charge is -1.92. The second kappa shape index (κ2) is 2.96. The summed E-state index contributed by atoms with van der Waals surface area (Å²) in [4.78, 5) is 26.6. The van der Waals surface area contributed by atoms with Crippen LogP contribution in [0.5, 0.6) is 0 Å². The van der Waals surface area contributed by atoms with Crippen molar-refractivity contribution in [1.82, 2.24) is 9.97 Å². The summed E-state index contributed by atoms with van der Waals surface area (Å²) in [7, 11) is 0. The van der Waals surface area contributed by atoms with E-state index < -0.39 is 5.97 Å². The molecule has 0 saturated heterocycles. The van der Waals surface area contributed by atoms with Crippen molar-refractivity contribution < 1.29 is 9.90 Å². The molecular formula is C6H6N2O3. The van der Waals surface area contributed by atoms with Gasteiger partial charge in [0, 0.05) is 11.9 Å². The van der Waals surface area contributed by atoms with E-state index in [-0.39, 0.29) is 12.0 Å². The van der Waals surface area contributed by atoms with Crippen LogP contribution in [-0.2, 0) is 11.2 Å². The number of hydrogen-bond acceptors (Lipinski definition) is 3. The highest BCUT2D eigenvalue weighted by Crippen LogP contribution is 1.87. The number of carboxylic acid groups (broad SMARTS) is 1. The fraction of sp³-hybridized carbons (Fsp3) is 0.167. The van der Waals surface area contributed by atoms with Crippen molar-refractivity contribution in [1.29, 1.82) is 0 Å². The molecule has 0 radical (unpaired) electrons. The van der Waals surface area contributed by atoms with E-state index in [9.17, 15) is 9.59 Å². The van der Waals surface area contributed by atoms with Crippen LogP contribution in [0.15, 0.2) is 17.2 Å². The third kappa shape index (κ3) is 2.21. The Morgan fingerprint density at radius 3 is 2.91 bits per heavy atom. The van der Waals surface area contributed by atoms with Gasteiger partial charge < -0.3 is 10.1 Å². The highest BCUT2D eigenvalue weighted by Gasteiger charge is 1.99. The Morgan fingerprint density at radius 2 is 2.36 bits per heavy atom. The molecule has 1 aromatic rings. The second-order valence-corrected chi connectivity index (χ2v) is 1.99. The lowest BCUT2D eigenvalue weighted by Crippen LogP contribution is -2.11. The van der Waals surface area contributed by atoms with E-state index in [4.69, 9.17) is 5.11 Å². The van der Waals surface area contributed by atoms with Crippen LogP contribution in [0.4, 0.5) is 0 Å². The van der Waals surface area contributed by atoms with E-state index in [0.29, 0.717) is 5.69 Å². The molecule has 0 fully saturated rings. The molecular weight excluding hydrogens is 148 g/mol. The number of carbonyl (C=O) groups is 1. The molecule has 58 valence electrons. The Balaban J connectivity index is 2.88. The summed E-state index contributed by atoms with van der Waals surface area (Å²) >= 11 is 0. The molecule has 0 unspecified atom stereocenters. The van der Waals surface area contributed by atoms with Gasteiger partial charge in [0.1, 0.15) is 0 Å². The number of aromatic nitrogens is 2. The Morgan fingerprint density at radius 1 is 1.64 bits per heavy atom. The van der Waals surface area contributed by atoms with E-state index in [2.05, 4.69) is 9.97 Å². The van der Waals surface area contributed by atoms with Gasteiger partial charge in [0.2, 0.25) is 0 Å². The third-order valence-corrected chi connectivity index (χ3v) is 1.05. The van der Waals surface area contributed by atoms with Gasteiger partial charge in [-0.1, -0.05) is 0 Å². The van der Waals surface area contributed by atoms with Crippen LogP contribution >= 0.6 is 0 Å². The molecule has 1 aromatic heterocycles. The summed E-state index contributed by atoms with van der Waals surface area (Å²) < 4.78 is 0. The number of rotatable bonds is 2. The maximum atomic E-state index is 10.6. The van der Waals surface area contributed by atoms with Crippen molar-refractivity contribution in [3.63, 3.8) is 0 Å². The molecule has 0 saturated carbocycles. The largest absolute Gasteiger partial charge is 0.481 e. The van der Waals surface area contributed by atoms with Gasteiger partial charge >= 0.3 is 5.97 Å². The first-order valence-electron chi connectivity index (χ1n) is 2.93. The van der Waals surface area contributed by atoms with Gasteiger partial charge in [-0.2, -0.15) is 0 Å². The zero-order valence-corrected chi connectivity index (χ0v) is 5.57. The molecule has 0 aliphatic carbocycles. The lowest BCUT2D eigenvalue weighted by molar-refractivity contribution is -0.136. The second-order valence-electron chi connectivity index (χ2n) is 1.99. The molecule has 0 bridgehead atoms. The number of aromatic amines is 1. The van der Waals surface area contributed by atoms with E-state index in [1.165, 1.54) is 6.20 Å². The van der Waals surface area contributed by atoms with Crippen LogP contribution in [-0.4, -0.2) is 21.0 Å². The molecule has 5 heteroatoms. The quantitative estimate of drug-likeness (QED) is 0.595. The number of nitrogens with one attached hydrogen (secondary N) is 1. The number of hydrogen-bond donors (Lipinski definition) is 2. The first kappa shape index (κ1) is 7.46. The summed E-state index contributed by atoms with van der Waals surface area (Å²) in [5.74, 6) is -0.992. The fourth-order valence-corrected chi connectivity index (χ4v) is 0.670. The van der Waals surface area contributed by atoms with E-state index in [1.54, 1.807) is 0 Å². The molecule has 0 aromatic carbocycles. The first-order valence-corrected chi connectivity index (χ1v) is 2.93. The molecule has 0 amide bonds. The monoisotopic (exact) mass is 154 g/mol. The molecule has 0 atom stereocenters. The van der Waals surface area contributed by atoms with Crippen molar-refractivity contribution in [3.8, 4) is 0 Å². The Kier molecular flexibility index (Phi) is 2.00. The van der Waals surface area contributed by atoms with Crippen LogP contribution in [0.25, 0.3) is 0 Å². The summed E-state index contributed by atoms with van der Waals surface area (Å²) in [6.45, 7) is 0. The van der Waals surface area contributed by atoms with Crippen molar-refractivity contribution >= 4 is 5.97 Å². The molecule has 2 N–H and O–H groups in total. The van der Waals surface area contributed by atoms with Gasteiger partial charge in [-0.15, -0.1) is 0 Å². The van der Waals surface area contributed by atoms with E-state index in [0.717, 1.165) is 6.20 Å². The van der Waals surface area contributed by atoms with Crippen LogP contribution in [0, 0.1) is 0 Å². The maximum Gasteiger partial charge on any atom is 0.309 e. The van der Waals surface area contributed by atoms with Crippen LogP contribution < -0.4 is 5.56 Å². The Hall–Kier alpha value is -1.65. The van der Waals surface area contributed by atoms with Gasteiger partial charge in [-0.05, 0) is 0 Å². The minimum absolute atomic E-state index is 0.205. The van der Waals surface area contributed by atoms with Crippen molar-refractivity contribution in [3.05, 3.63) is 28.4 Å². The third-order valence-electron chi connectivity index (χ3n) is 1.05. The zero-order chi connectivity index (χ0) is 8.27. The average Bonchev–Trinajstić information content (AvgIpc) is 1.85. The SMILES string of the molecule is O=C(O)Cc1cncc(=O)[nH]1. The summed E-state index contributed by atoms with van der Waals surface area (Å²) in [6.07, 6.45) is 2.20. The standard InChI is InChI=1S/C6H6N2O3/c9-5-3-7-2-4(8-5)1-6(10)11/h2-3H,1H2,(H,8,9)(H,10,11). The van der Waals surface area contributed by atoms with Crippen LogP contribution in [0.3, 0.4) is 0 Å². The predicted octanol–water partition coefficient (Wildman–Crippen LogP) is -0.603. The van der Waals surface area contributed by atoms with Crippen LogP contribution in [0.2, 0.25) is 0 Å². The smallest absolute Gasteiger partial charge is 0.309 e. The molecule has 0 aliphatic rings. The van der Waals surface area contributed by atoms with Gasteiger partial charge in [0.05, 0.1) is 12.6 Å². The van der Waals surface area contributed by atoms with Crippen LogP contribution in [0.1, 0.15) is 5.69 Å². The summed E-state index contributed by atoms with van der Waals surface area (Å²) in [5, 5.41) is 8.31. The molecule has 0 spiro atoms. The normalized spacial score (nSPS) is 9.45. The number of nitrogens with zero attached hydrogens (tertiary/aromatic N) is 1. The van der Waals surface area contributed by atoms with Crippen molar-refractivity contribution in [2.75, 3.05) is 0 Å². The van der Waals surface area contributed by atoms with Crippen molar-refractivity contribution in [2.45, 2.75) is 6.42 Å². The molecule has 1 heterocycles. The lowest BCUT2D eigenvalue weighted by atomic mass is 10.3. The fourth-order valence-electron chi connectivity index (χ4n) is 0.670. The number of carboxylic acids is 1. The van der Waals surface area contributed by atoms with Gasteiger partial charge in [-0.3, -0.25) is 14.6 Å². The average molecular weight is 154 g/mol. The van der Waals surface area contributed by atoms with Gasteiger partial charge in [0.25, 0.3) is 5.56 Å². The summed E-state index contributed by atoms with van der Waals surface area (Å²) in [5.41, 5.74) is -0.0752. The van der Waals surface area contributed by atoms with Gasteiger partial charge in [-0.25, -0.2) is 0 Å². The Bertz CT molecular complexity index is 318. The highest BCUT2D eigenvalue weighted by atomic mass is 16.4. The molecule has 5 nitrogen and oxygen atoms in total. The summed E-state index contributed by atoms with van der Waals surface area (Å²) in [6, 6.07) is 0. The zero-order valence-electron chi connectivity index (χ0n) is 5.57. The minimum atomic E-state index is -0.992. The Labute approximate surface area is 61.7 Å². The van der Waals surface area contributed by atoms with Crippen molar-refractivity contribution in [2.24, 2.45) is 0 Å². The van der Waals surface area contributed by atoms with Gasteiger partial charge in [0.15, 0.2) is 0 Å². The van der Waals surface area contributed by atoms with E-state index in [1.807, 2.05) is 0 Å². The minimum Gasteiger partial charge on any atom is -0.481 e. The molecule has 11 heavy (non-hydrogen) atoms. The molecule has 0 aliphatic heterocycles.